The quantitative estimate of drug-likeness (QED) is 0.801. The summed E-state index contributed by atoms with van der Waals surface area (Å²) in [6.07, 6.45) is 2.02. The number of hydrogen-bond acceptors (Lipinski definition) is 3. The molecular weight excluding hydrogens is 334 g/mol. The van der Waals surface area contributed by atoms with Crippen molar-refractivity contribution in [1.29, 1.82) is 0 Å². The maximum atomic E-state index is 5.45. The summed E-state index contributed by atoms with van der Waals surface area (Å²) in [5, 5.41) is 3.58. The van der Waals surface area contributed by atoms with Crippen molar-refractivity contribution >= 4 is 27.3 Å². The Labute approximate surface area is 133 Å². The van der Waals surface area contributed by atoms with Gasteiger partial charge in [0.1, 0.15) is 5.75 Å². The van der Waals surface area contributed by atoms with Crippen molar-refractivity contribution in [1.82, 2.24) is 5.32 Å². The van der Waals surface area contributed by atoms with Gasteiger partial charge >= 0.3 is 0 Å². The molecule has 0 saturated carbocycles. The Bertz CT molecular complexity index is 541. The molecule has 1 N–H and O–H groups in total. The van der Waals surface area contributed by atoms with E-state index in [0.717, 1.165) is 25.1 Å². The fraction of sp³-hybridized carbons (Fsp3) is 0.375. The molecule has 0 spiro atoms. The van der Waals surface area contributed by atoms with Crippen LogP contribution in [0.5, 0.6) is 5.75 Å². The summed E-state index contributed by atoms with van der Waals surface area (Å²) in [7, 11) is 1.73. The third-order valence-electron chi connectivity index (χ3n) is 3.23. The van der Waals surface area contributed by atoms with Crippen LogP contribution in [-0.4, -0.2) is 19.7 Å². The lowest BCUT2D eigenvalue weighted by Gasteiger charge is -2.18. The van der Waals surface area contributed by atoms with Gasteiger partial charge in [0.15, 0.2) is 0 Å². The van der Waals surface area contributed by atoms with Crippen molar-refractivity contribution in [3.63, 3.8) is 0 Å². The van der Waals surface area contributed by atoms with Crippen molar-refractivity contribution < 1.29 is 4.74 Å². The summed E-state index contributed by atoms with van der Waals surface area (Å²) in [6.45, 7) is 3.13. The molecule has 1 aromatic heterocycles. The molecule has 0 aliphatic carbocycles. The highest BCUT2D eigenvalue weighted by molar-refractivity contribution is 9.11. The summed E-state index contributed by atoms with van der Waals surface area (Å²) in [4.78, 5) is 1.40. The molecule has 0 aliphatic heterocycles. The third-order valence-corrected chi connectivity index (χ3v) is 4.87. The maximum Gasteiger partial charge on any atom is 0.122 e. The standard InChI is InChI=1S/C16H20BrNOS/c1-3-18-13(11-14-8-9-16(17)20-14)10-12-6-4-5-7-15(12)19-2/h4-9,13,18H,3,10-11H2,1-2H3. The molecular formula is C16H20BrNOS. The number of likely N-dealkylation sites (N-methyl/N-ethyl adjacent to an activating group) is 1. The van der Waals surface area contributed by atoms with Crippen molar-refractivity contribution in [3.8, 4) is 5.75 Å². The van der Waals surface area contributed by atoms with Gasteiger partial charge in [0.2, 0.25) is 0 Å². The average Bonchev–Trinajstić information content (AvgIpc) is 2.85. The first-order valence-electron chi connectivity index (χ1n) is 6.82. The summed E-state index contributed by atoms with van der Waals surface area (Å²) < 4.78 is 6.64. The van der Waals surface area contributed by atoms with Crippen molar-refractivity contribution in [3.05, 3.63) is 50.6 Å². The van der Waals surface area contributed by atoms with Crippen LogP contribution in [0, 0.1) is 0 Å². The predicted molar refractivity (Wildman–Crippen MR) is 89.9 cm³/mol. The van der Waals surface area contributed by atoms with Crippen LogP contribution >= 0.6 is 27.3 Å². The molecule has 2 rings (SSSR count). The molecule has 20 heavy (non-hydrogen) atoms. The minimum absolute atomic E-state index is 0.432. The average molecular weight is 354 g/mol. The van der Waals surface area contributed by atoms with Gasteiger partial charge in [-0.15, -0.1) is 11.3 Å². The van der Waals surface area contributed by atoms with Crippen LogP contribution in [0.15, 0.2) is 40.2 Å². The van der Waals surface area contributed by atoms with Gasteiger partial charge in [-0.2, -0.15) is 0 Å². The zero-order chi connectivity index (χ0) is 14.4. The SMILES string of the molecule is CCNC(Cc1ccc(Br)s1)Cc1ccccc1OC. The number of rotatable bonds is 7. The minimum Gasteiger partial charge on any atom is -0.496 e. The van der Waals surface area contributed by atoms with E-state index in [1.54, 1.807) is 7.11 Å². The van der Waals surface area contributed by atoms with E-state index >= 15 is 0 Å². The molecule has 1 heterocycles. The molecule has 0 amide bonds. The fourth-order valence-corrected chi connectivity index (χ4v) is 3.91. The molecule has 2 aromatic rings. The number of benzene rings is 1. The molecule has 1 aromatic carbocycles. The Kier molecular flexibility index (Phi) is 6.07. The molecule has 0 fully saturated rings. The van der Waals surface area contributed by atoms with Crippen molar-refractivity contribution in [2.45, 2.75) is 25.8 Å². The number of ether oxygens (including phenoxy) is 1. The second-order valence-electron chi connectivity index (χ2n) is 4.68. The normalized spacial score (nSPS) is 12.3. The van der Waals surface area contributed by atoms with Crippen LogP contribution in [-0.2, 0) is 12.8 Å². The number of para-hydroxylation sites is 1. The lowest BCUT2D eigenvalue weighted by atomic mass is 10.0. The topological polar surface area (TPSA) is 21.3 Å². The first-order valence-corrected chi connectivity index (χ1v) is 8.43. The molecule has 2 nitrogen and oxygen atoms in total. The van der Waals surface area contributed by atoms with Gasteiger partial charge in [0.05, 0.1) is 10.9 Å². The lowest BCUT2D eigenvalue weighted by molar-refractivity contribution is 0.405. The van der Waals surface area contributed by atoms with E-state index < -0.39 is 0 Å². The maximum absolute atomic E-state index is 5.45. The zero-order valence-corrected chi connectivity index (χ0v) is 14.3. The van der Waals surface area contributed by atoms with E-state index in [2.05, 4.69) is 52.4 Å². The lowest BCUT2D eigenvalue weighted by Crippen LogP contribution is -2.32. The van der Waals surface area contributed by atoms with Gasteiger partial charge in [0.25, 0.3) is 0 Å². The van der Waals surface area contributed by atoms with E-state index in [4.69, 9.17) is 4.74 Å². The van der Waals surface area contributed by atoms with Gasteiger partial charge in [-0.3, -0.25) is 0 Å². The van der Waals surface area contributed by atoms with Gasteiger partial charge in [-0.1, -0.05) is 25.1 Å². The van der Waals surface area contributed by atoms with Crippen molar-refractivity contribution in [2.75, 3.05) is 13.7 Å². The molecule has 0 saturated heterocycles. The first kappa shape index (κ1) is 15.5. The van der Waals surface area contributed by atoms with Crippen LogP contribution in [0.2, 0.25) is 0 Å². The third kappa shape index (κ3) is 4.33. The van der Waals surface area contributed by atoms with E-state index in [1.165, 1.54) is 14.2 Å². The summed E-state index contributed by atoms with van der Waals surface area (Å²) >= 11 is 5.34. The highest BCUT2D eigenvalue weighted by Crippen LogP contribution is 2.25. The number of methoxy groups -OCH3 is 1. The largest absolute Gasteiger partial charge is 0.496 e. The van der Waals surface area contributed by atoms with Crippen LogP contribution in [0.3, 0.4) is 0 Å². The number of hydrogen-bond donors (Lipinski definition) is 1. The van der Waals surface area contributed by atoms with Crippen LogP contribution in [0.4, 0.5) is 0 Å². The number of halogens is 1. The molecule has 0 aliphatic rings. The first-order chi connectivity index (χ1) is 9.72. The monoisotopic (exact) mass is 353 g/mol. The Morgan fingerprint density at radius 1 is 1.20 bits per heavy atom. The van der Waals surface area contributed by atoms with Gasteiger partial charge < -0.3 is 10.1 Å². The van der Waals surface area contributed by atoms with E-state index in [0.29, 0.717) is 6.04 Å². The second kappa shape index (κ2) is 7.81. The minimum atomic E-state index is 0.432. The molecule has 1 atom stereocenters. The van der Waals surface area contributed by atoms with Crippen LogP contribution in [0.1, 0.15) is 17.4 Å². The Morgan fingerprint density at radius 3 is 2.65 bits per heavy atom. The van der Waals surface area contributed by atoms with Gasteiger partial charge in [-0.25, -0.2) is 0 Å². The Balaban J connectivity index is 2.08. The van der Waals surface area contributed by atoms with Crippen LogP contribution < -0.4 is 10.1 Å². The number of thiophene rings is 1. The van der Waals surface area contributed by atoms with Gasteiger partial charge in [0, 0.05) is 10.9 Å². The molecule has 0 radical (unpaired) electrons. The summed E-state index contributed by atoms with van der Waals surface area (Å²) in [5.41, 5.74) is 1.26. The Morgan fingerprint density at radius 2 is 2.00 bits per heavy atom. The van der Waals surface area contributed by atoms with E-state index in [9.17, 15) is 0 Å². The fourth-order valence-electron chi connectivity index (χ4n) is 2.35. The summed E-state index contributed by atoms with van der Waals surface area (Å²) in [5.74, 6) is 0.975. The number of nitrogens with one attached hydrogen (secondary N) is 1. The summed E-state index contributed by atoms with van der Waals surface area (Å²) in [6, 6.07) is 13.0. The van der Waals surface area contributed by atoms with Gasteiger partial charge in [-0.05, 0) is 59.1 Å². The van der Waals surface area contributed by atoms with Crippen LogP contribution in [0.25, 0.3) is 0 Å². The van der Waals surface area contributed by atoms with E-state index in [1.807, 2.05) is 23.5 Å². The predicted octanol–water partition coefficient (Wildman–Crippen LogP) is 4.28. The highest BCUT2D eigenvalue weighted by atomic mass is 79.9. The van der Waals surface area contributed by atoms with Crippen molar-refractivity contribution in [2.24, 2.45) is 0 Å². The smallest absolute Gasteiger partial charge is 0.122 e. The second-order valence-corrected chi connectivity index (χ2v) is 7.23. The highest BCUT2D eigenvalue weighted by Gasteiger charge is 2.13. The Hall–Kier alpha value is -0.840. The zero-order valence-electron chi connectivity index (χ0n) is 11.9. The molecule has 0 bridgehead atoms. The van der Waals surface area contributed by atoms with E-state index in [-0.39, 0.29) is 0 Å². The molecule has 1 unspecified atom stereocenters. The molecule has 4 heteroatoms. The molecule has 108 valence electrons.